The first kappa shape index (κ1) is 12.0. The van der Waals surface area contributed by atoms with Crippen LogP contribution in [0.5, 0.6) is 0 Å². The van der Waals surface area contributed by atoms with Gasteiger partial charge in [-0.3, -0.25) is 9.48 Å². The number of benzene rings is 1. The third-order valence-corrected chi connectivity index (χ3v) is 2.39. The number of nitrogen functional groups attached to an aromatic ring is 1. The molecule has 0 fully saturated rings. The number of hydrogen-bond donors (Lipinski definition) is 2. The topological polar surface area (TPSA) is 86.9 Å². The summed E-state index contributed by atoms with van der Waals surface area (Å²) >= 11 is 0. The molecule has 1 aromatic heterocycles. The molecule has 18 heavy (non-hydrogen) atoms. The molecule has 94 valence electrons. The molecule has 1 amide bonds. The van der Waals surface area contributed by atoms with Gasteiger partial charge in [-0.1, -0.05) is 12.1 Å². The molecule has 0 unspecified atom stereocenters. The van der Waals surface area contributed by atoms with Crippen LogP contribution in [0.2, 0.25) is 0 Å². The highest BCUT2D eigenvalue weighted by Gasteiger charge is 2.13. The van der Waals surface area contributed by atoms with Gasteiger partial charge in [-0.25, -0.2) is 8.78 Å². The summed E-state index contributed by atoms with van der Waals surface area (Å²) in [5, 5.41) is 3.80. The van der Waals surface area contributed by atoms with Crippen molar-refractivity contribution in [3.8, 4) is 0 Å². The number of halogens is 2. The van der Waals surface area contributed by atoms with E-state index in [1.54, 1.807) is 0 Å². The molecule has 0 atom stereocenters. The summed E-state index contributed by atoms with van der Waals surface area (Å²) in [5.74, 6) is -2.67. The zero-order valence-corrected chi connectivity index (χ0v) is 9.23. The molecule has 0 aliphatic rings. The van der Waals surface area contributed by atoms with Crippen LogP contribution in [0.25, 0.3) is 0 Å². The standard InChI is InChI=1S/C11H10F2N4O/c12-7-3-1-2-6(9(7)13)4-17-5-8(14)10(16-17)11(15)18/h1-3,5H,4,14H2,(H2,15,18). The fraction of sp³-hybridized carbons (Fsp3) is 0.0909. The lowest BCUT2D eigenvalue weighted by molar-refractivity contribution is 0.0995. The van der Waals surface area contributed by atoms with Crippen molar-refractivity contribution in [3.63, 3.8) is 0 Å². The fourth-order valence-electron chi connectivity index (χ4n) is 1.55. The van der Waals surface area contributed by atoms with E-state index in [0.29, 0.717) is 0 Å². The van der Waals surface area contributed by atoms with Gasteiger partial charge in [0.25, 0.3) is 5.91 Å². The Bertz CT molecular complexity index is 609. The normalized spacial score (nSPS) is 10.6. The zero-order chi connectivity index (χ0) is 13.3. The number of nitrogens with zero attached hydrogens (tertiary/aromatic N) is 2. The highest BCUT2D eigenvalue weighted by atomic mass is 19.2. The minimum Gasteiger partial charge on any atom is -0.396 e. The molecule has 2 aromatic rings. The van der Waals surface area contributed by atoms with Crippen molar-refractivity contribution in [1.29, 1.82) is 0 Å². The highest BCUT2D eigenvalue weighted by Crippen LogP contribution is 2.14. The van der Waals surface area contributed by atoms with Crippen molar-refractivity contribution in [1.82, 2.24) is 9.78 Å². The van der Waals surface area contributed by atoms with Gasteiger partial charge in [-0.2, -0.15) is 5.10 Å². The average Bonchev–Trinajstić information content (AvgIpc) is 2.66. The number of carbonyl (C=O) groups is 1. The fourth-order valence-corrected chi connectivity index (χ4v) is 1.55. The molecule has 0 bridgehead atoms. The van der Waals surface area contributed by atoms with Crippen LogP contribution < -0.4 is 11.5 Å². The highest BCUT2D eigenvalue weighted by molar-refractivity contribution is 5.95. The Hall–Kier alpha value is -2.44. The van der Waals surface area contributed by atoms with Gasteiger partial charge in [0.15, 0.2) is 17.3 Å². The van der Waals surface area contributed by atoms with Crippen molar-refractivity contribution < 1.29 is 13.6 Å². The summed E-state index contributed by atoms with van der Waals surface area (Å²) < 4.78 is 27.6. The first-order chi connectivity index (χ1) is 8.49. The van der Waals surface area contributed by atoms with Crippen LogP contribution in [-0.4, -0.2) is 15.7 Å². The molecular weight excluding hydrogens is 242 g/mol. The van der Waals surface area contributed by atoms with Gasteiger partial charge in [-0.15, -0.1) is 0 Å². The Balaban J connectivity index is 2.32. The summed E-state index contributed by atoms with van der Waals surface area (Å²) in [6.07, 6.45) is 1.34. The molecule has 5 nitrogen and oxygen atoms in total. The van der Waals surface area contributed by atoms with Crippen LogP contribution in [-0.2, 0) is 6.54 Å². The second-order valence-corrected chi connectivity index (χ2v) is 3.71. The van der Waals surface area contributed by atoms with Crippen LogP contribution in [0.4, 0.5) is 14.5 Å². The van der Waals surface area contributed by atoms with Crippen molar-refractivity contribution in [2.24, 2.45) is 5.73 Å². The minimum absolute atomic E-state index is 0.0406. The van der Waals surface area contributed by atoms with Crippen molar-refractivity contribution >= 4 is 11.6 Å². The number of rotatable bonds is 3. The second kappa shape index (κ2) is 4.44. The lowest BCUT2D eigenvalue weighted by atomic mass is 10.2. The molecule has 0 aliphatic carbocycles. The van der Waals surface area contributed by atoms with Gasteiger partial charge in [0.05, 0.1) is 12.2 Å². The minimum atomic E-state index is -0.952. The molecule has 0 saturated carbocycles. The van der Waals surface area contributed by atoms with Crippen LogP contribution in [0.1, 0.15) is 16.1 Å². The molecule has 0 spiro atoms. The summed E-state index contributed by atoms with van der Waals surface area (Å²) in [6.45, 7) is -0.0406. The van der Waals surface area contributed by atoms with E-state index in [9.17, 15) is 13.6 Å². The molecule has 2 rings (SSSR count). The molecule has 0 saturated heterocycles. The monoisotopic (exact) mass is 252 g/mol. The Kier molecular flexibility index (Phi) is 2.97. The van der Waals surface area contributed by atoms with E-state index in [1.807, 2.05) is 0 Å². The Morgan fingerprint density at radius 3 is 2.72 bits per heavy atom. The Morgan fingerprint density at radius 1 is 1.39 bits per heavy atom. The lowest BCUT2D eigenvalue weighted by Crippen LogP contribution is -2.14. The van der Waals surface area contributed by atoms with Crippen molar-refractivity contribution in [3.05, 3.63) is 47.3 Å². The number of hydrogen-bond acceptors (Lipinski definition) is 3. The van der Waals surface area contributed by atoms with E-state index in [4.69, 9.17) is 11.5 Å². The quantitative estimate of drug-likeness (QED) is 0.850. The number of primary amides is 1. The molecule has 7 heteroatoms. The van der Waals surface area contributed by atoms with Crippen LogP contribution in [0.3, 0.4) is 0 Å². The number of carbonyl (C=O) groups excluding carboxylic acids is 1. The number of anilines is 1. The van der Waals surface area contributed by atoms with Gasteiger partial charge in [0, 0.05) is 11.8 Å². The first-order valence-electron chi connectivity index (χ1n) is 5.04. The number of nitrogens with two attached hydrogens (primary N) is 2. The molecule has 0 aliphatic heterocycles. The van der Waals surface area contributed by atoms with Gasteiger partial charge in [0.1, 0.15) is 0 Å². The van der Waals surface area contributed by atoms with Crippen LogP contribution >= 0.6 is 0 Å². The molecular formula is C11H10F2N4O. The maximum atomic E-state index is 13.4. The third kappa shape index (κ3) is 2.15. The van der Waals surface area contributed by atoms with Gasteiger partial charge < -0.3 is 11.5 Å². The van der Waals surface area contributed by atoms with E-state index in [1.165, 1.54) is 23.0 Å². The smallest absolute Gasteiger partial charge is 0.271 e. The van der Waals surface area contributed by atoms with Crippen molar-refractivity contribution in [2.45, 2.75) is 6.54 Å². The van der Waals surface area contributed by atoms with Crippen LogP contribution in [0, 0.1) is 11.6 Å². The van der Waals surface area contributed by atoms with Crippen molar-refractivity contribution in [2.75, 3.05) is 5.73 Å². The van der Waals surface area contributed by atoms with E-state index in [0.717, 1.165) is 6.07 Å². The molecule has 4 N–H and O–H groups in total. The maximum Gasteiger partial charge on any atom is 0.271 e. The van der Waals surface area contributed by atoms with E-state index in [2.05, 4.69) is 5.10 Å². The largest absolute Gasteiger partial charge is 0.396 e. The predicted octanol–water partition coefficient (Wildman–Crippen LogP) is 0.891. The summed E-state index contributed by atoms with van der Waals surface area (Å²) in [7, 11) is 0. The molecule has 1 aromatic carbocycles. The first-order valence-corrected chi connectivity index (χ1v) is 5.04. The Morgan fingerprint density at radius 2 is 2.11 bits per heavy atom. The third-order valence-electron chi connectivity index (χ3n) is 2.39. The predicted molar refractivity (Wildman–Crippen MR) is 60.6 cm³/mol. The van der Waals surface area contributed by atoms with Gasteiger partial charge >= 0.3 is 0 Å². The van der Waals surface area contributed by atoms with Gasteiger partial charge in [0.2, 0.25) is 0 Å². The van der Waals surface area contributed by atoms with E-state index >= 15 is 0 Å². The second-order valence-electron chi connectivity index (χ2n) is 3.71. The van der Waals surface area contributed by atoms with E-state index < -0.39 is 17.5 Å². The van der Waals surface area contributed by atoms with Crippen LogP contribution in [0.15, 0.2) is 24.4 Å². The zero-order valence-electron chi connectivity index (χ0n) is 9.23. The summed E-state index contributed by atoms with van der Waals surface area (Å²) in [5.41, 5.74) is 10.7. The molecule has 0 radical (unpaired) electrons. The summed E-state index contributed by atoms with van der Waals surface area (Å²) in [6, 6.07) is 3.82. The van der Waals surface area contributed by atoms with Gasteiger partial charge in [-0.05, 0) is 6.07 Å². The Labute approximate surface area is 101 Å². The SMILES string of the molecule is NC(=O)c1nn(Cc2cccc(F)c2F)cc1N. The summed E-state index contributed by atoms with van der Waals surface area (Å²) in [4.78, 5) is 10.9. The molecule has 1 heterocycles. The lowest BCUT2D eigenvalue weighted by Gasteiger charge is -2.03. The number of amides is 1. The maximum absolute atomic E-state index is 13.4. The van der Waals surface area contributed by atoms with E-state index in [-0.39, 0.29) is 23.5 Å². The average molecular weight is 252 g/mol. The number of aromatic nitrogens is 2.